The zero-order valence-electron chi connectivity index (χ0n) is 43.6. The van der Waals surface area contributed by atoms with Crippen molar-refractivity contribution in [2.24, 2.45) is 0 Å². The fourth-order valence-corrected chi connectivity index (χ4v) is 11.6. The van der Waals surface area contributed by atoms with Crippen molar-refractivity contribution < 1.29 is 27.8 Å². The molecule has 5 aliphatic rings. The largest absolute Gasteiger partial charge is 0.490 e. The molecule has 13 rings (SSSR count). The first-order valence-electron chi connectivity index (χ1n) is 26.3. The van der Waals surface area contributed by atoms with Crippen molar-refractivity contribution in [2.45, 2.75) is 104 Å². The predicted octanol–water partition coefficient (Wildman–Crippen LogP) is 14.7. The normalized spacial score (nSPS) is 17.1. The van der Waals surface area contributed by atoms with Crippen molar-refractivity contribution in [1.29, 1.82) is 0 Å². The molecule has 368 valence electrons. The van der Waals surface area contributed by atoms with Gasteiger partial charge in [-0.05, 0) is 104 Å². The summed E-state index contributed by atoms with van der Waals surface area (Å²) in [5.41, 5.74) is 16.9. The van der Waals surface area contributed by atoms with Gasteiger partial charge in [0.1, 0.15) is 22.5 Å². The van der Waals surface area contributed by atoms with E-state index < -0.39 is 6.71 Å². The molecule has 0 amide bonds. The monoisotopic (exact) mass is 966 g/mol. The molecule has 0 bridgehead atoms. The first-order valence-corrected chi connectivity index (χ1v) is 26.3. The van der Waals surface area contributed by atoms with Crippen LogP contribution in [0.15, 0.2) is 136 Å². The van der Waals surface area contributed by atoms with Crippen LogP contribution in [0.25, 0.3) is 33.1 Å². The fourth-order valence-electron chi connectivity index (χ4n) is 11.6. The minimum Gasteiger partial charge on any atom is -0.490 e. The molecular weight excluding hydrogens is 904 g/mol. The average molecular weight is 967 g/mol. The van der Waals surface area contributed by atoms with E-state index in [2.05, 4.69) is 200 Å². The van der Waals surface area contributed by atoms with E-state index in [-0.39, 0.29) is 22.2 Å². The number of anilines is 6. The van der Waals surface area contributed by atoms with Crippen molar-refractivity contribution in [3.8, 4) is 34.1 Å². The summed E-state index contributed by atoms with van der Waals surface area (Å²) in [6.07, 6.45) is 11.4. The Morgan fingerprint density at radius 2 is 1.00 bits per heavy atom. The Bertz CT molecular complexity index is 3600. The lowest BCUT2D eigenvalue weighted by Crippen LogP contribution is -2.60. The summed E-state index contributed by atoms with van der Waals surface area (Å²) >= 11 is 0. The van der Waals surface area contributed by atoms with Gasteiger partial charge in [-0.1, -0.05) is 129 Å². The number of hydrogen-bond donors (Lipinski definition) is 0. The van der Waals surface area contributed by atoms with E-state index in [9.17, 15) is 0 Å². The lowest BCUT2D eigenvalue weighted by molar-refractivity contribution is 0.296. The number of furan rings is 2. The number of benzene rings is 6. The molecule has 2 aromatic heterocycles. The minimum atomic E-state index is -0.422. The number of ether oxygens (including phenoxy) is 4. The highest BCUT2D eigenvalue weighted by molar-refractivity contribution is 6.99. The smallest absolute Gasteiger partial charge is 0.342 e. The maximum atomic E-state index is 7.49. The molecule has 9 heteroatoms. The number of rotatable bonds is 4. The van der Waals surface area contributed by atoms with Gasteiger partial charge in [-0.15, -0.1) is 0 Å². The molecule has 0 saturated heterocycles. The van der Waals surface area contributed by atoms with Gasteiger partial charge in [0, 0.05) is 58.6 Å². The zero-order valence-corrected chi connectivity index (χ0v) is 43.6. The number of fused-ring (bicyclic) bond motifs is 10. The van der Waals surface area contributed by atoms with E-state index in [1.165, 1.54) is 16.7 Å². The van der Waals surface area contributed by atoms with Crippen molar-refractivity contribution in [3.63, 3.8) is 0 Å². The first-order chi connectivity index (χ1) is 35.1. The Morgan fingerprint density at radius 3 is 1.52 bits per heavy atom. The Kier molecular flexibility index (Phi) is 10.4. The molecule has 73 heavy (non-hydrogen) atoms. The van der Waals surface area contributed by atoms with E-state index in [0.29, 0.717) is 26.4 Å². The molecule has 8 aromatic rings. The van der Waals surface area contributed by atoms with Crippen molar-refractivity contribution in [3.05, 3.63) is 150 Å². The topological polar surface area (TPSA) is 69.7 Å². The number of allylic oxidation sites excluding steroid dienone is 4. The summed E-state index contributed by atoms with van der Waals surface area (Å²) in [5, 5.41) is 2.09. The van der Waals surface area contributed by atoms with Gasteiger partial charge in [-0.25, -0.2) is 0 Å². The zero-order chi connectivity index (χ0) is 50.1. The van der Waals surface area contributed by atoms with Crippen molar-refractivity contribution in [2.75, 3.05) is 36.2 Å². The van der Waals surface area contributed by atoms with Gasteiger partial charge in [0.15, 0.2) is 23.0 Å². The van der Waals surface area contributed by atoms with Gasteiger partial charge < -0.3 is 37.6 Å². The molecule has 0 fully saturated rings. The summed E-state index contributed by atoms with van der Waals surface area (Å²) in [6.45, 7) is 22.6. The van der Waals surface area contributed by atoms with Crippen LogP contribution in [0.3, 0.4) is 0 Å². The maximum Gasteiger partial charge on any atom is 0.342 e. The van der Waals surface area contributed by atoms with E-state index >= 15 is 0 Å². The molecule has 6 heterocycles. The molecule has 1 aliphatic carbocycles. The van der Waals surface area contributed by atoms with Crippen LogP contribution in [0.2, 0.25) is 0 Å². The summed E-state index contributed by atoms with van der Waals surface area (Å²) in [4.78, 5) is 5.01. The van der Waals surface area contributed by atoms with Gasteiger partial charge in [0.25, 0.3) is 0 Å². The van der Waals surface area contributed by atoms with Crippen molar-refractivity contribution >= 4 is 79.6 Å². The van der Waals surface area contributed by atoms with Crippen LogP contribution in [0, 0.1) is 0 Å². The Hall–Kier alpha value is -7.26. The van der Waals surface area contributed by atoms with Gasteiger partial charge in [0.05, 0.1) is 49.2 Å². The molecule has 0 saturated carbocycles. The maximum absolute atomic E-state index is 7.49. The number of nitrogens with zero attached hydrogens (tertiary/aromatic N) is 2. The van der Waals surface area contributed by atoms with Gasteiger partial charge >= 0.3 is 6.71 Å². The van der Waals surface area contributed by atoms with Crippen LogP contribution in [0.5, 0.6) is 23.0 Å². The molecule has 0 radical (unpaired) electrons. The first kappa shape index (κ1) is 45.6. The van der Waals surface area contributed by atoms with Crippen LogP contribution in [-0.2, 0) is 16.2 Å². The molecule has 1 atom stereocenters. The fraction of sp³-hybridized carbons (Fsp3) is 0.312. The molecule has 8 nitrogen and oxygen atoms in total. The molecule has 0 N–H and O–H groups in total. The molecule has 6 aromatic carbocycles. The highest BCUT2D eigenvalue weighted by Gasteiger charge is 2.51. The second kappa shape index (κ2) is 16.6. The molecular formula is C64H63BN2O6. The summed E-state index contributed by atoms with van der Waals surface area (Å²) in [7, 11) is 0. The van der Waals surface area contributed by atoms with E-state index in [0.717, 1.165) is 132 Å². The van der Waals surface area contributed by atoms with Crippen LogP contribution < -0.4 is 45.5 Å². The van der Waals surface area contributed by atoms with Gasteiger partial charge in [-0.2, -0.15) is 0 Å². The third kappa shape index (κ3) is 7.47. The summed E-state index contributed by atoms with van der Waals surface area (Å²) < 4.78 is 41.2. The van der Waals surface area contributed by atoms with Crippen LogP contribution in [0.1, 0.15) is 110 Å². The lowest BCUT2D eigenvalue weighted by atomic mass is 9.37. The Labute approximate surface area is 429 Å². The second-order valence-electron chi connectivity index (χ2n) is 23.6. The molecule has 4 aliphatic heterocycles. The van der Waals surface area contributed by atoms with E-state index in [1.807, 2.05) is 0 Å². The Balaban J connectivity index is 1.20. The minimum absolute atomic E-state index is 0.0777. The van der Waals surface area contributed by atoms with Gasteiger partial charge in [0.2, 0.25) is 0 Å². The standard InChI is InChI=1S/C64H63BN2O6/c1-62(2,3)40-22-24-51-45(30-40)58-60(72-51)65-57-49(66(58)47-36-55-53(68-26-16-28-70-55)34-43(47)38-18-12-10-13-19-38)32-42(64(7,8)9)33-50(57)67(59-46-31-41(63(4,5)6)23-25-52(46)73-61(59)65)48-37-56-54(69-27-17-29-71-56)35-44(48)39-20-14-11-15-21-39/h10-15,18-20,22-25,30-37,39H,16-17,21,26-29H2,1-9H3. The third-order valence-electron chi connectivity index (χ3n) is 15.6. The highest BCUT2D eigenvalue weighted by Crippen LogP contribution is 2.55. The van der Waals surface area contributed by atoms with Gasteiger partial charge in [-0.3, -0.25) is 0 Å². The summed E-state index contributed by atoms with van der Waals surface area (Å²) in [5.74, 6) is 3.07. The van der Waals surface area contributed by atoms with Crippen LogP contribution in [0.4, 0.5) is 34.1 Å². The lowest BCUT2D eigenvalue weighted by Gasteiger charge is -2.43. The quantitative estimate of drug-likeness (QED) is 0.162. The predicted molar refractivity (Wildman–Crippen MR) is 298 cm³/mol. The van der Waals surface area contributed by atoms with Crippen LogP contribution in [-0.4, -0.2) is 33.1 Å². The summed E-state index contributed by atoms with van der Waals surface area (Å²) in [6, 6.07) is 38.0. The second-order valence-corrected chi connectivity index (χ2v) is 23.6. The van der Waals surface area contributed by atoms with Crippen LogP contribution >= 0.6 is 0 Å². The SMILES string of the molecule is CC(C)(C)c1cc2c3c(c1)N(c1cc4c(cc1C1C=CC=CC1)OCCCO4)c1c(oc4ccc(C(C)(C)C)cc14)B3c1oc3ccc(C(C)(C)C)cc3c1N2c1cc2c(cc1-c1ccccc1)OCCCO2. The van der Waals surface area contributed by atoms with E-state index in [4.69, 9.17) is 27.8 Å². The van der Waals surface area contributed by atoms with E-state index in [1.54, 1.807) is 0 Å². The van der Waals surface area contributed by atoms with Crippen molar-refractivity contribution in [1.82, 2.24) is 0 Å². The molecule has 0 spiro atoms. The third-order valence-corrected chi connectivity index (χ3v) is 15.6. The highest BCUT2D eigenvalue weighted by atomic mass is 16.5. The average Bonchev–Trinajstić information content (AvgIpc) is 3.73. The Morgan fingerprint density at radius 1 is 0.493 bits per heavy atom. The number of hydrogen-bond acceptors (Lipinski definition) is 8. The molecule has 1 unspecified atom stereocenters.